The lowest BCUT2D eigenvalue weighted by Gasteiger charge is -2.28. The molecule has 1 aliphatic rings. The molecule has 0 unspecified atom stereocenters. The summed E-state index contributed by atoms with van der Waals surface area (Å²) in [6.45, 7) is 1.48. The summed E-state index contributed by atoms with van der Waals surface area (Å²) in [6.07, 6.45) is 0. The second-order valence-electron chi connectivity index (χ2n) is 3.53. The van der Waals surface area contributed by atoms with Gasteiger partial charge >= 0.3 is 0 Å². The number of nitrogens with one attached hydrogen (secondary N) is 2. The molecule has 4 N–H and O–H groups in total. The number of carbonyl (C=O) groups is 1. The summed E-state index contributed by atoms with van der Waals surface area (Å²) < 4.78 is 0. The van der Waals surface area contributed by atoms with Crippen LogP contribution in [0.5, 0.6) is 11.5 Å². The molecule has 0 saturated carbocycles. The van der Waals surface area contributed by atoms with Gasteiger partial charge in [-0.05, 0) is 18.2 Å². The van der Waals surface area contributed by atoms with E-state index in [1.165, 1.54) is 18.2 Å². The zero-order valence-electron chi connectivity index (χ0n) is 8.03. The molecule has 5 nitrogen and oxygen atoms in total. The van der Waals surface area contributed by atoms with Crippen molar-refractivity contribution in [3.8, 4) is 11.5 Å². The maximum absolute atomic E-state index is 11.6. The van der Waals surface area contributed by atoms with E-state index in [4.69, 9.17) is 0 Å². The summed E-state index contributed by atoms with van der Waals surface area (Å²) in [7, 11) is 0. The molecule has 0 bridgehead atoms. The van der Waals surface area contributed by atoms with E-state index in [1.807, 2.05) is 0 Å². The highest BCUT2D eigenvalue weighted by atomic mass is 16.3. The molecule has 0 aromatic heterocycles. The van der Waals surface area contributed by atoms with E-state index < -0.39 is 0 Å². The van der Waals surface area contributed by atoms with E-state index in [0.29, 0.717) is 0 Å². The molecule has 1 amide bonds. The fraction of sp³-hybridized carbons (Fsp3) is 0.300. The molecular formula is C10H12N2O3. The topological polar surface area (TPSA) is 81.6 Å². The number of phenols is 2. The molecule has 2 rings (SSSR count). The Labute approximate surface area is 86.7 Å². The first-order valence-corrected chi connectivity index (χ1v) is 4.70. The Balaban J connectivity index is 2.12. The van der Waals surface area contributed by atoms with Crippen molar-refractivity contribution in [1.82, 2.24) is 10.6 Å². The minimum Gasteiger partial charge on any atom is -0.508 e. The number of carbonyl (C=O) groups excluding carboxylic acids is 1. The third-order valence-electron chi connectivity index (χ3n) is 2.34. The molecule has 0 atom stereocenters. The highest BCUT2D eigenvalue weighted by Crippen LogP contribution is 2.21. The molecule has 0 radical (unpaired) electrons. The normalized spacial score (nSPS) is 15.7. The summed E-state index contributed by atoms with van der Waals surface area (Å²) >= 11 is 0. The number of aromatic hydroxyl groups is 2. The molecule has 1 saturated heterocycles. The number of hydrogen-bond acceptors (Lipinski definition) is 4. The largest absolute Gasteiger partial charge is 0.508 e. The van der Waals surface area contributed by atoms with Crippen molar-refractivity contribution in [1.29, 1.82) is 0 Å². The van der Waals surface area contributed by atoms with Gasteiger partial charge in [-0.25, -0.2) is 0 Å². The molecule has 15 heavy (non-hydrogen) atoms. The van der Waals surface area contributed by atoms with E-state index >= 15 is 0 Å². The Bertz CT molecular complexity index is 388. The minimum absolute atomic E-state index is 0.0373. The van der Waals surface area contributed by atoms with Crippen molar-refractivity contribution in [3.05, 3.63) is 23.8 Å². The second-order valence-corrected chi connectivity index (χ2v) is 3.53. The summed E-state index contributed by atoms with van der Waals surface area (Å²) in [4.78, 5) is 11.6. The molecule has 1 aliphatic heterocycles. The lowest BCUT2D eigenvalue weighted by molar-refractivity contribution is 0.0921. The Morgan fingerprint density at radius 2 is 2.13 bits per heavy atom. The van der Waals surface area contributed by atoms with Crippen LogP contribution in [0.25, 0.3) is 0 Å². The summed E-state index contributed by atoms with van der Waals surface area (Å²) in [5, 5.41) is 24.4. The first-order chi connectivity index (χ1) is 7.16. The van der Waals surface area contributed by atoms with Crippen LogP contribution >= 0.6 is 0 Å². The molecule has 80 valence electrons. The molecule has 1 aromatic carbocycles. The molecule has 5 heteroatoms. The summed E-state index contributed by atoms with van der Waals surface area (Å²) in [6, 6.07) is 3.98. The predicted octanol–water partition coefficient (Wildman–Crippen LogP) is -0.201. The van der Waals surface area contributed by atoms with Gasteiger partial charge in [-0.2, -0.15) is 0 Å². The van der Waals surface area contributed by atoms with Crippen LogP contribution in [0.4, 0.5) is 0 Å². The SMILES string of the molecule is O=C(NC1CNC1)c1cc(O)ccc1O. The fourth-order valence-electron chi connectivity index (χ4n) is 1.36. The van der Waals surface area contributed by atoms with Gasteiger partial charge in [0.1, 0.15) is 11.5 Å². The van der Waals surface area contributed by atoms with Gasteiger partial charge in [-0.1, -0.05) is 0 Å². The zero-order chi connectivity index (χ0) is 10.8. The molecule has 1 heterocycles. The Kier molecular flexibility index (Phi) is 2.47. The number of amides is 1. The monoisotopic (exact) mass is 208 g/mol. The lowest BCUT2D eigenvalue weighted by Crippen LogP contribution is -2.56. The number of hydrogen-bond donors (Lipinski definition) is 4. The maximum Gasteiger partial charge on any atom is 0.255 e. The van der Waals surface area contributed by atoms with Crippen LogP contribution in [-0.2, 0) is 0 Å². The van der Waals surface area contributed by atoms with Crippen LogP contribution in [0.3, 0.4) is 0 Å². The quantitative estimate of drug-likeness (QED) is 0.507. The van der Waals surface area contributed by atoms with Gasteiger partial charge in [0.2, 0.25) is 0 Å². The van der Waals surface area contributed by atoms with Crippen molar-refractivity contribution in [2.75, 3.05) is 13.1 Å². The Morgan fingerprint density at radius 1 is 1.40 bits per heavy atom. The Hall–Kier alpha value is -1.75. The van der Waals surface area contributed by atoms with Gasteiger partial charge in [-0.3, -0.25) is 4.79 Å². The first kappa shape index (κ1) is 9.79. The molecule has 0 spiro atoms. The smallest absolute Gasteiger partial charge is 0.255 e. The highest BCUT2D eigenvalue weighted by Gasteiger charge is 2.21. The van der Waals surface area contributed by atoms with Crippen molar-refractivity contribution in [2.45, 2.75) is 6.04 Å². The average molecular weight is 208 g/mol. The summed E-state index contributed by atoms with van der Waals surface area (Å²) in [5.41, 5.74) is 0.0990. The zero-order valence-corrected chi connectivity index (χ0v) is 8.03. The molecule has 1 aromatic rings. The van der Waals surface area contributed by atoms with Crippen molar-refractivity contribution in [3.63, 3.8) is 0 Å². The van der Waals surface area contributed by atoms with Crippen LogP contribution < -0.4 is 10.6 Å². The van der Waals surface area contributed by atoms with Crippen LogP contribution in [0, 0.1) is 0 Å². The predicted molar refractivity (Wildman–Crippen MR) is 53.9 cm³/mol. The van der Waals surface area contributed by atoms with Crippen LogP contribution in [-0.4, -0.2) is 35.3 Å². The van der Waals surface area contributed by atoms with Crippen LogP contribution in [0.1, 0.15) is 10.4 Å². The second kappa shape index (κ2) is 3.78. The standard InChI is InChI=1S/C10H12N2O3/c13-7-1-2-9(14)8(3-7)10(15)12-6-4-11-5-6/h1-3,6,11,13-14H,4-5H2,(H,12,15). The lowest BCUT2D eigenvalue weighted by atomic mass is 10.1. The van der Waals surface area contributed by atoms with Gasteiger partial charge in [-0.15, -0.1) is 0 Å². The number of benzene rings is 1. The summed E-state index contributed by atoms with van der Waals surface area (Å²) in [5.74, 6) is -0.530. The number of rotatable bonds is 2. The Morgan fingerprint density at radius 3 is 2.73 bits per heavy atom. The molecule has 1 fully saturated rings. The van der Waals surface area contributed by atoms with Gasteiger partial charge in [0.05, 0.1) is 11.6 Å². The maximum atomic E-state index is 11.6. The average Bonchev–Trinajstić information content (AvgIpc) is 2.15. The van der Waals surface area contributed by atoms with Crippen LogP contribution in [0.2, 0.25) is 0 Å². The van der Waals surface area contributed by atoms with Gasteiger partial charge in [0.15, 0.2) is 0 Å². The minimum atomic E-state index is -0.366. The van der Waals surface area contributed by atoms with E-state index in [0.717, 1.165) is 13.1 Å². The third-order valence-corrected chi connectivity index (χ3v) is 2.34. The van der Waals surface area contributed by atoms with E-state index in [9.17, 15) is 15.0 Å². The van der Waals surface area contributed by atoms with Gasteiger partial charge in [0, 0.05) is 13.1 Å². The van der Waals surface area contributed by atoms with E-state index in [-0.39, 0.29) is 29.0 Å². The first-order valence-electron chi connectivity index (χ1n) is 4.70. The number of phenolic OH excluding ortho intramolecular Hbond substituents is 2. The van der Waals surface area contributed by atoms with E-state index in [1.54, 1.807) is 0 Å². The van der Waals surface area contributed by atoms with Gasteiger partial charge < -0.3 is 20.8 Å². The van der Waals surface area contributed by atoms with Crippen molar-refractivity contribution < 1.29 is 15.0 Å². The van der Waals surface area contributed by atoms with Crippen LogP contribution in [0.15, 0.2) is 18.2 Å². The molecular weight excluding hydrogens is 196 g/mol. The van der Waals surface area contributed by atoms with E-state index in [2.05, 4.69) is 10.6 Å². The fourth-order valence-corrected chi connectivity index (χ4v) is 1.36. The molecule has 0 aliphatic carbocycles. The van der Waals surface area contributed by atoms with Gasteiger partial charge in [0.25, 0.3) is 5.91 Å². The highest BCUT2D eigenvalue weighted by molar-refractivity contribution is 5.97. The van der Waals surface area contributed by atoms with Crippen molar-refractivity contribution >= 4 is 5.91 Å². The van der Waals surface area contributed by atoms with Crippen molar-refractivity contribution in [2.24, 2.45) is 0 Å². The third kappa shape index (κ3) is 2.02.